The third-order valence-corrected chi connectivity index (χ3v) is 1.85. The maximum atomic E-state index is 11.0. The summed E-state index contributed by atoms with van der Waals surface area (Å²) in [6.45, 7) is 0. The first kappa shape index (κ1) is 9.00. The van der Waals surface area contributed by atoms with Gasteiger partial charge in [0.1, 0.15) is 0 Å². The molecule has 1 aromatic rings. The highest BCUT2D eigenvalue weighted by atomic mass is 127. The van der Waals surface area contributed by atoms with Gasteiger partial charge < -0.3 is 0 Å². The minimum atomic E-state index is -0.153. The highest BCUT2D eigenvalue weighted by molar-refractivity contribution is 14.1. The average molecular weight is 272 g/mol. The van der Waals surface area contributed by atoms with Crippen molar-refractivity contribution in [1.29, 1.82) is 5.26 Å². The predicted octanol–water partition coefficient (Wildman–Crippen LogP) is 1.64. The fourth-order valence-electron chi connectivity index (χ4n) is 0.751. The standard InChI is InChI=1S/C8H5IN2O/c9-11-8(12)7-3-1-6(5-10)2-4-7/h1-4H,(H,11,12). The molecule has 1 aromatic carbocycles. The van der Waals surface area contributed by atoms with Gasteiger partial charge in [-0.3, -0.25) is 8.32 Å². The summed E-state index contributed by atoms with van der Waals surface area (Å²) in [6, 6.07) is 8.44. The summed E-state index contributed by atoms with van der Waals surface area (Å²) < 4.78 is 2.47. The number of halogens is 1. The van der Waals surface area contributed by atoms with Crippen LogP contribution in [0.15, 0.2) is 24.3 Å². The Morgan fingerprint density at radius 1 is 1.42 bits per heavy atom. The lowest BCUT2D eigenvalue weighted by Gasteiger charge is -1.96. The lowest BCUT2D eigenvalue weighted by Crippen LogP contribution is -2.11. The summed E-state index contributed by atoms with van der Waals surface area (Å²) in [5, 5.41) is 8.47. The van der Waals surface area contributed by atoms with Crippen molar-refractivity contribution in [3.05, 3.63) is 35.4 Å². The zero-order chi connectivity index (χ0) is 8.97. The molecular formula is C8H5IN2O. The Balaban J connectivity index is 2.94. The van der Waals surface area contributed by atoms with Crippen LogP contribution in [0.3, 0.4) is 0 Å². The molecule has 60 valence electrons. The fourth-order valence-corrected chi connectivity index (χ4v) is 1.06. The van der Waals surface area contributed by atoms with Gasteiger partial charge in [-0.05, 0) is 24.3 Å². The topological polar surface area (TPSA) is 52.9 Å². The van der Waals surface area contributed by atoms with Crippen LogP contribution in [0.25, 0.3) is 0 Å². The highest BCUT2D eigenvalue weighted by Gasteiger charge is 2.01. The van der Waals surface area contributed by atoms with Crippen LogP contribution in [-0.4, -0.2) is 5.91 Å². The smallest absolute Gasteiger partial charge is 0.259 e. The molecule has 0 radical (unpaired) electrons. The second-order valence-corrected chi connectivity index (χ2v) is 2.65. The number of nitrogens with zero attached hydrogens (tertiary/aromatic N) is 1. The van der Waals surface area contributed by atoms with Crippen LogP contribution in [-0.2, 0) is 0 Å². The van der Waals surface area contributed by atoms with Gasteiger partial charge in [-0.2, -0.15) is 5.26 Å². The van der Waals surface area contributed by atoms with Gasteiger partial charge in [0, 0.05) is 5.56 Å². The van der Waals surface area contributed by atoms with Gasteiger partial charge in [-0.1, -0.05) is 0 Å². The van der Waals surface area contributed by atoms with E-state index in [0.29, 0.717) is 11.1 Å². The van der Waals surface area contributed by atoms with Crippen molar-refractivity contribution < 1.29 is 4.79 Å². The van der Waals surface area contributed by atoms with Crippen molar-refractivity contribution in [3.8, 4) is 6.07 Å². The first-order chi connectivity index (χ1) is 5.77. The van der Waals surface area contributed by atoms with Crippen LogP contribution >= 0.6 is 22.9 Å². The monoisotopic (exact) mass is 272 g/mol. The second kappa shape index (κ2) is 4.07. The number of nitriles is 1. The maximum absolute atomic E-state index is 11.0. The Morgan fingerprint density at radius 3 is 2.42 bits per heavy atom. The molecule has 1 rings (SSSR count). The van der Waals surface area contributed by atoms with E-state index in [1.165, 1.54) is 0 Å². The summed E-state index contributed by atoms with van der Waals surface area (Å²) >= 11 is 1.77. The maximum Gasteiger partial charge on any atom is 0.259 e. The van der Waals surface area contributed by atoms with Crippen molar-refractivity contribution in [1.82, 2.24) is 3.53 Å². The van der Waals surface area contributed by atoms with Crippen molar-refractivity contribution in [3.63, 3.8) is 0 Å². The van der Waals surface area contributed by atoms with E-state index in [1.54, 1.807) is 47.1 Å². The molecule has 0 fully saturated rings. The quantitative estimate of drug-likeness (QED) is 0.624. The molecule has 0 bridgehead atoms. The van der Waals surface area contributed by atoms with Crippen LogP contribution in [0.1, 0.15) is 15.9 Å². The third-order valence-electron chi connectivity index (χ3n) is 1.36. The minimum Gasteiger partial charge on any atom is -0.295 e. The van der Waals surface area contributed by atoms with Gasteiger partial charge in [0.2, 0.25) is 0 Å². The van der Waals surface area contributed by atoms with E-state index in [-0.39, 0.29) is 5.91 Å². The first-order valence-electron chi connectivity index (χ1n) is 3.19. The van der Waals surface area contributed by atoms with Gasteiger partial charge in [-0.15, -0.1) is 0 Å². The summed E-state index contributed by atoms with van der Waals surface area (Å²) in [7, 11) is 0. The number of hydrogen-bond donors (Lipinski definition) is 1. The predicted molar refractivity (Wildman–Crippen MR) is 52.6 cm³/mol. The molecule has 0 aliphatic carbocycles. The van der Waals surface area contributed by atoms with E-state index in [2.05, 4.69) is 3.53 Å². The largest absolute Gasteiger partial charge is 0.295 e. The Labute approximate surface area is 83.9 Å². The van der Waals surface area contributed by atoms with E-state index >= 15 is 0 Å². The molecular weight excluding hydrogens is 267 g/mol. The van der Waals surface area contributed by atoms with Crippen LogP contribution in [0, 0.1) is 11.3 Å². The fraction of sp³-hybridized carbons (Fsp3) is 0. The summed E-state index contributed by atoms with van der Waals surface area (Å²) in [6.07, 6.45) is 0. The molecule has 0 atom stereocenters. The molecule has 0 saturated heterocycles. The lowest BCUT2D eigenvalue weighted by molar-refractivity contribution is 0.0989. The van der Waals surface area contributed by atoms with Crippen molar-refractivity contribution >= 4 is 28.8 Å². The molecule has 1 N–H and O–H groups in total. The number of nitrogens with one attached hydrogen (secondary N) is 1. The molecule has 0 spiro atoms. The average Bonchev–Trinajstić information content (AvgIpc) is 2.17. The zero-order valence-corrected chi connectivity index (χ0v) is 8.20. The lowest BCUT2D eigenvalue weighted by atomic mass is 10.1. The van der Waals surface area contributed by atoms with E-state index in [0.717, 1.165) is 0 Å². The Kier molecular flexibility index (Phi) is 3.05. The summed E-state index contributed by atoms with van der Waals surface area (Å²) in [5.74, 6) is -0.153. The van der Waals surface area contributed by atoms with Crippen LogP contribution in [0.2, 0.25) is 0 Å². The molecule has 0 aliphatic rings. The minimum absolute atomic E-state index is 0.153. The molecule has 12 heavy (non-hydrogen) atoms. The van der Waals surface area contributed by atoms with Gasteiger partial charge in [-0.25, -0.2) is 0 Å². The number of amides is 1. The van der Waals surface area contributed by atoms with Gasteiger partial charge in [0.25, 0.3) is 5.91 Å². The van der Waals surface area contributed by atoms with E-state index in [4.69, 9.17) is 5.26 Å². The molecule has 0 aromatic heterocycles. The third kappa shape index (κ3) is 1.95. The molecule has 0 saturated carbocycles. The normalized spacial score (nSPS) is 8.67. The first-order valence-corrected chi connectivity index (χ1v) is 4.27. The van der Waals surface area contributed by atoms with Gasteiger partial charge >= 0.3 is 0 Å². The second-order valence-electron chi connectivity index (χ2n) is 2.11. The Morgan fingerprint density at radius 2 is 2.00 bits per heavy atom. The van der Waals surface area contributed by atoms with Crippen molar-refractivity contribution in [2.24, 2.45) is 0 Å². The van der Waals surface area contributed by atoms with E-state index in [9.17, 15) is 4.79 Å². The van der Waals surface area contributed by atoms with Crippen molar-refractivity contribution in [2.45, 2.75) is 0 Å². The van der Waals surface area contributed by atoms with Crippen LogP contribution < -0.4 is 3.53 Å². The number of benzene rings is 1. The summed E-state index contributed by atoms with van der Waals surface area (Å²) in [4.78, 5) is 11.0. The number of rotatable bonds is 1. The molecule has 0 unspecified atom stereocenters. The highest BCUT2D eigenvalue weighted by Crippen LogP contribution is 2.03. The molecule has 0 aliphatic heterocycles. The van der Waals surface area contributed by atoms with E-state index < -0.39 is 0 Å². The summed E-state index contributed by atoms with van der Waals surface area (Å²) in [5.41, 5.74) is 1.11. The SMILES string of the molecule is N#Cc1ccc(C(=O)NI)cc1. The molecule has 3 nitrogen and oxygen atoms in total. The van der Waals surface area contributed by atoms with E-state index in [1.807, 2.05) is 6.07 Å². The van der Waals surface area contributed by atoms with Gasteiger partial charge in [0.15, 0.2) is 0 Å². The molecule has 0 heterocycles. The number of hydrogen-bond acceptors (Lipinski definition) is 2. The number of carbonyl (C=O) groups excluding carboxylic acids is 1. The molecule has 1 amide bonds. The van der Waals surface area contributed by atoms with Crippen molar-refractivity contribution in [2.75, 3.05) is 0 Å². The van der Waals surface area contributed by atoms with Crippen LogP contribution in [0.5, 0.6) is 0 Å². The number of carbonyl (C=O) groups is 1. The Bertz CT molecular complexity index is 326. The zero-order valence-electron chi connectivity index (χ0n) is 6.04. The Hall–Kier alpha value is -1.09. The van der Waals surface area contributed by atoms with Crippen LogP contribution in [0.4, 0.5) is 0 Å². The van der Waals surface area contributed by atoms with Gasteiger partial charge in [0.05, 0.1) is 34.5 Å². The molecule has 4 heteroatoms.